The van der Waals surface area contributed by atoms with Gasteiger partial charge in [0.1, 0.15) is 5.69 Å². The Morgan fingerprint density at radius 3 is 2.57 bits per heavy atom. The maximum absolute atomic E-state index is 12.1. The average Bonchev–Trinajstić information content (AvgIpc) is 3.09. The van der Waals surface area contributed by atoms with Gasteiger partial charge in [-0.3, -0.25) is 0 Å². The first-order valence-electron chi connectivity index (χ1n) is 5.82. The minimum absolute atomic E-state index is 0.0150. The first-order valence-corrected chi connectivity index (χ1v) is 7.68. The van der Waals surface area contributed by atoms with Crippen molar-refractivity contribution in [3.63, 3.8) is 0 Å². The third-order valence-electron chi connectivity index (χ3n) is 2.69. The molecule has 0 aliphatic rings. The number of anilines is 1. The number of hydrogen-bond donors (Lipinski definition) is 1. The van der Waals surface area contributed by atoms with Gasteiger partial charge in [0.05, 0.1) is 17.4 Å². The normalized spacial score (nSPS) is 11.5. The van der Waals surface area contributed by atoms with Gasteiger partial charge < -0.3 is 8.94 Å². The van der Waals surface area contributed by atoms with E-state index in [9.17, 15) is 8.42 Å². The lowest BCUT2D eigenvalue weighted by molar-refractivity contribution is 0.438. The molecule has 0 saturated heterocycles. The molecule has 1 N–H and O–H groups in total. The molecule has 2 aromatic heterocycles. The topological polar surface area (TPSA) is 85.3 Å². The lowest BCUT2D eigenvalue weighted by Gasteiger charge is -2.04. The van der Waals surface area contributed by atoms with Gasteiger partial charge in [-0.1, -0.05) is 16.8 Å². The summed E-state index contributed by atoms with van der Waals surface area (Å²) in [7, 11) is -3.75. The number of sulfonamides is 1. The van der Waals surface area contributed by atoms with E-state index in [0.717, 1.165) is 0 Å². The van der Waals surface area contributed by atoms with E-state index in [4.69, 9.17) is 20.5 Å². The molecule has 0 radical (unpaired) electrons. The van der Waals surface area contributed by atoms with E-state index in [1.807, 2.05) is 0 Å². The number of nitrogens with one attached hydrogen (secondary N) is 1. The van der Waals surface area contributed by atoms with E-state index in [0.29, 0.717) is 16.3 Å². The molecule has 8 heteroatoms. The summed E-state index contributed by atoms with van der Waals surface area (Å²) in [6.45, 7) is 0. The molecule has 1 aromatic carbocycles. The molecule has 0 aliphatic heterocycles. The molecule has 0 saturated carbocycles. The van der Waals surface area contributed by atoms with Gasteiger partial charge in [-0.05, 0) is 30.3 Å². The van der Waals surface area contributed by atoms with Gasteiger partial charge in [0.15, 0.2) is 0 Å². The summed E-state index contributed by atoms with van der Waals surface area (Å²) in [6.07, 6.45) is 2.97. The number of aromatic nitrogens is 1. The number of hydrogen-bond acceptors (Lipinski definition) is 5. The highest BCUT2D eigenvalue weighted by Gasteiger charge is 2.17. The monoisotopic (exact) mass is 324 g/mol. The molecule has 0 aliphatic carbocycles. The summed E-state index contributed by atoms with van der Waals surface area (Å²) in [5.74, 6) is 0.0150. The van der Waals surface area contributed by atoms with Crippen molar-refractivity contribution >= 4 is 27.5 Å². The smallest absolute Gasteiger partial charge is 0.264 e. The standard InChI is InChI=1S/C13H9ClN2O4S/c14-10-1-3-11(4-2-10)21(17,18)16-13-7-12(15-20-13)9-5-6-19-8-9/h1-8,16H. The zero-order valence-corrected chi connectivity index (χ0v) is 12.1. The average molecular weight is 325 g/mol. The largest absolute Gasteiger partial charge is 0.472 e. The lowest BCUT2D eigenvalue weighted by Crippen LogP contribution is -2.12. The first-order chi connectivity index (χ1) is 10.0. The van der Waals surface area contributed by atoms with Crippen LogP contribution in [0.4, 0.5) is 5.88 Å². The Kier molecular flexibility index (Phi) is 3.44. The van der Waals surface area contributed by atoms with Crippen LogP contribution in [0.25, 0.3) is 11.3 Å². The fourth-order valence-corrected chi connectivity index (χ4v) is 2.77. The predicted molar refractivity (Wildman–Crippen MR) is 76.5 cm³/mol. The molecule has 0 fully saturated rings. The summed E-state index contributed by atoms with van der Waals surface area (Å²) in [5, 5.41) is 4.22. The van der Waals surface area contributed by atoms with Crippen LogP contribution in [0.5, 0.6) is 0 Å². The van der Waals surface area contributed by atoms with Crippen LogP contribution in [0.1, 0.15) is 0 Å². The van der Waals surface area contributed by atoms with Gasteiger partial charge in [0, 0.05) is 16.7 Å². The number of rotatable bonds is 4. The minimum Gasteiger partial charge on any atom is -0.472 e. The van der Waals surface area contributed by atoms with E-state index < -0.39 is 10.0 Å². The van der Waals surface area contributed by atoms with Crippen LogP contribution in [0.2, 0.25) is 5.02 Å². The van der Waals surface area contributed by atoms with Crippen LogP contribution in [0, 0.1) is 0 Å². The van der Waals surface area contributed by atoms with Gasteiger partial charge in [-0.15, -0.1) is 0 Å². The Labute approximate surface area is 125 Å². The summed E-state index contributed by atoms with van der Waals surface area (Å²) < 4.78 is 36.5. The molecule has 6 nitrogen and oxygen atoms in total. The lowest BCUT2D eigenvalue weighted by atomic mass is 10.2. The second-order valence-corrected chi connectivity index (χ2v) is 6.27. The van der Waals surface area contributed by atoms with Crippen molar-refractivity contribution in [2.75, 3.05) is 4.72 Å². The molecule has 108 valence electrons. The van der Waals surface area contributed by atoms with Crippen molar-refractivity contribution in [3.05, 3.63) is 53.9 Å². The van der Waals surface area contributed by atoms with E-state index in [-0.39, 0.29) is 10.8 Å². The summed E-state index contributed by atoms with van der Waals surface area (Å²) in [6, 6.07) is 8.95. The van der Waals surface area contributed by atoms with Gasteiger partial charge in [0.2, 0.25) is 5.88 Å². The number of nitrogens with zero attached hydrogens (tertiary/aromatic N) is 1. The first kappa shape index (κ1) is 13.7. The van der Waals surface area contributed by atoms with Crippen LogP contribution in [-0.2, 0) is 10.0 Å². The molecule has 3 rings (SSSR count). The van der Waals surface area contributed by atoms with E-state index in [1.54, 1.807) is 6.07 Å². The minimum atomic E-state index is -3.75. The molecule has 0 unspecified atom stereocenters. The van der Waals surface area contributed by atoms with Crippen molar-refractivity contribution in [1.29, 1.82) is 0 Å². The Bertz CT molecular complexity index is 839. The highest BCUT2D eigenvalue weighted by molar-refractivity contribution is 7.92. The third-order valence-corrected chi connectivity index (χ3v) is 4.30. The Morgan fingerprint density at radius 1 is 1.14 bits per heavy atom. The van der Waals surface area contributed by atoms with Gasteiger partial charge in [-0.25, -0.2) is 13.1 Å². The van der Waals surface area contributed by atoms with E-state index in [2.05, 4.69) is 9.88 Å². The van der Waals surface area contributed by atoms with Crippen LogP contribution < -0.4 is 4.72 Å². The Morgan fingerprint density at radius 2 is 1.90 bits per heavy atom. The molecule has 0 spiro atoms. The summed E-state index contributed by atoms with van der Waals surface area (Å²) in [4.78, 5) is 0.0770. The molecule has 2 heterocycles. The second-order valence-electron chi connectivity index (χ2n) is 4.15. The highest BCUT2D eigenvalue weighted by Crippen LogP contribution is 2.24. The molecule has 0 atom stereocenters. The van der Waals surface area contributed by atoms with Crippen molar-refractivity contribution in [1.82, 2.24) is 5.16 Å². The van der Waals surface area contributed by atoms with Crippen LogP contribution in [0.15, 0.2) is 62.8 Å². The molecule has 0 bridgehead atoms. The Balaban J connectivity index is 1.84. The maximum atomic E-state index is 12.1. The second kappa shape index (κ2) is 5.27. The summed E-state index contributed by atoms with van der Waals surface area (Å²) in [5.41, 5.74) is 1.16. The van der Waals surface area contributed by atoms with Crippen molar-refractivity contribution in [2.45, 2.75) is 4.90 Å². The zero-order valence-electron chi connectivity index (χ0n) is 10.5. The molecule has 3 aromatic rings. The van der Waals surface area contributed by atoms with Crippen LogP contribution >= 0.6 is 11.6 Å². The zero-order chi connectivity index (χ0) is 14.9. The molecule has 21 heavy (non-hydrogen) atoms. The fourth-order valence-electron chi connectivity index (χ4n) is 1.67. The summed E-state index contributed by atoms with van der Waals surface area (Å²) >= 11 is 5.73. The Hall–Kier alpha value is -2.25. The quantitative estimate of drug-likeness (QED) is 0.795. The molecular weight excluding hydrogens is 316 g/mol. The number of furan rings is 1. The van der Waals surface area contributed by atoms with Gasteiger partial charge >= 0.3 is 0 Å². The van der Waals surface area contributed by atoms with E-state index in [1.165, 1.54) is 42.9 Å². The van der Waals surface area contributed by atoms with Gasteiger partial charge in [0.25, 0.3) is 10.0 Å². The molecule has 0 amide bonds. The van der Waals surface area contributed by atoms with Crippen molar-refractivity contribution in [3.8, 4) is 11.3 Å². The predicted octanol–water partition coefficient (Wildman–Crippen LogP) is 3.39. The third kappa shape index (κ3) is 2.93. The maximum Gasteiger partial charge on any atom is 0.264 e. The fraction of sp³-hybridized carbons (Fsp3) is 0. The number of benzene rings is 1. The SMILES string of the molecule is O=S(=O)(Nc1cc(-c2ccoc2)no1)c1ccc(Cl)cc1. The van der Waals surface area contributed by atoms with E-state index >= 15 is 0 Å². The highest BCUT2D eigenvalue weighted by atomic mass is 35.5. The van der Waals surface area contributed by atoms with Crippen molar-refractivity contribution in [2.24, 2.45) is 0 Å². The number of halogens is 1. The molecular formula is C13H9ClN2O4S. The van der Waals surface area contributed by atoms with Crippen molar-refractivity contribution < 1.29 is 17.4 Å². The van der Waals surface area contributed by atoms with Gasteiger partial charge in [-0.2, -0.15) is 0 Å². The van der Waals surface area contributed by atoms with Crippen LogP contribution in [-0.4, -0.2) is 13.6 Å². The van der Waals surface area contributed by atoms with Crippen LogP contribution in [0.3, 0.4) is 0 Å².